The van der Waals surface area contributed by atoms with E-state index in [1.165, 1.54) is 23.8 Å². The highest BCUT2D eigenvalue weighted by molar-refractivity contribution is 8.00. The molecule has 10 heteroatoms. The Labute approximate surface area is 235 Å². The smallest absolute Gasteiger partial charge is 0.338 e. The van der Waals surface area contributed by atoms with Gasteiger partial charge in [0, 0.05) is 10.3 Å². The van der Waals surface area contributed by atoms with E-state index in [-0.39, 0.29) is 29.8 Å². The molecule has 8 nitrogen and oxygen atoms in total. The number of hydrogen-bond acceptors (Lipinski definition) is 7. The molecule has 1 heterocycles. The fraction of sp³-hybridized carbons (Fsp3) is 0.464. The fourth-order valence-corrected chi connectivity index (χ4v) is 5.38. The zero-order chi connectivity index (χ0) is 27.4. The summed E-state index contributed by atoms with van der Waals surface area (Å²) in [5.74, 6) is -0.548. The number of methoxy groups -OCH3 is 1. The van der Waals surface area contributed by atoms with Crippen LogP contribution in [0.15, 0.2) is 54.6 Å². The van der Waals surface area contributed by atoms with Gasteiger partial charge >= 0.3 is 5.97 Å². The van der Waals surface area contributed by atoms with Crippen LogP contribution in [0.25, 0.3) is 0 Å². The molecule has 0 unspecified atom stereocenters. The first kappa shape index (κ1) is 31.5. The Morgan fingerprint density at radius 2 is 1.71 bits per heavy atom. The molecule has 1 saturated heterocycles. The number of rotatable bonds is 8. The number of ether oxygens (including phenoxy) is 2. The summed E-state index contributed by atoms with van der Waals surface area (Å²) < 4.78 is 10.4. The summed E-state index contributed by atoms with van der Waals surface area (Å²) in [5.41, 5.74) is 7.23. The highest BCUT2D eigenvalue weighted by atomic mass is 35.5. The van der Waals surface area contributed by atoms with Crippen molar-refractivity contribution in [3.05, 3.63) is 65.7 Å². The molecule has 208 valence electrons. The predicted octanol–water partition coefficient (Wildman–Crippen LogP) is 3.81. The lowest BCUT2D eigenvalue weighted by Gasteiger charge is -2.35. The maximum atomic E-state index is 14.0. The first-order valence-corrected chi connectivity index (χ1v) is 13.2. The highest BCUT2D eigenvalue weighted by Gasteiger charge is 2.50. The number of nitrogens with zero attached hydrogens (tertiary/aromatic N) is 1. The van der Waals surface area contributed by atoms with E-state index in [1.54, 1.807) is 24.3 Å². The SMILES string of the molecule is COc1ccc(C(=O)O[C@H](C(=O)N2CSC(C)(C)[C@H]2C(=O)NC(C)(C)C)[C@@H](N)Cc2ccccc2)cc1.Cl. The molecule has 0 aliphatic carbocycles. The Balaban J connectivity index is 0.00000507. The summed E-state index contributed by atoms with van der Waals surface area (Å²) in [6.45, 7) is 9.53. The van der Waals surface area contributed by atoms with E-state index in [4.69, 9.17) is 15.2 Å². The molecule has 1 fully saturated rings. The lowest BCUT2D eigenvalue weighted by atomic mass is 9.96. The summed E-state index contributed by atoms with van der Waals surface area (Å²) in [4.78, 5) is 41.9. The molecule has 1 aliphatic heterocycles. The molecule has 3 N–H and O–H groups in total. The summed E-state index contributed by atoms with van der Waals surface area (Å²) in [5, 5.41) is 2.99. The van der Waals surface area contributed by atoms with Crippen LogP contribution in [0.2, 0.25) is 0 Å². The van der Waals surface area contributed by atoms with Crippen LogP contribution in [-0.4, -0.2) is 64.1 Å². The molecule has 1 aliphatic rings. The first-order chi connectivity index (χ1) is 17.3. The molecule has 2 aromatic rings. The minimum absolute atomic E-state index is 0. The van der Waals surface area contributed by atoms with Gasteiger partial charge in [-0.1, -0.05) is 30.3 Å². The quantitative estimate of drug-likeness (QED) is 0.470. The maximum absolute atomic E-state index is 14.0. The number of hydrogen-bond donors (Lipinski definition) is 2. The molecule has 0 bridgehead atoms. The number of benzene rings is 2. The van der Waals surface area contributed by atoms with Crippen molar-refractivity contribution in [3.63, 3.8) is 0 Å². The van der Waals surface area contributed by atoms with Crippen LogP contribution in [0, 0.1) is 0 Å². The molecular weight excluding hydrogens is 526 g/mol. The molecule has 3 rings (SSSR count). The summed E-state index contributed by atoms with van der Waals surface area (Å²) in [7, 11) is 1.53. The van der Waals surface area contributed by atoms with Gasteiger partial charge in [-0.3, -0.25) is 9.59 Å². The topological polar surface area (TPSA) is 111 Å². The van der Waals surface area contributed by atoms with Crippen LogP contribution in [0.5, 0.6) is 5.75 Å². The van der Waals surface area contributed by atoms with Crippen molar-refractivity contribution in [2.24, 2.45) is 5.73 Å². The van der Waals surface area contributed by atoms with Crippen molar-refractivity contribution in [1.82, 2.24) is 10.2 Å². The van der Waals surface area contributed by atoms with Crippen molar-refractivity contribution in [1.29, 1.82) is 0 Å². The van der Waals surface area contributed by atoms with Gasteiger partial charge in [0.05, 0.1) is 24.6 Å². The normalized spacial score (nSPS) is 18.1. The number of carbonyl (C=O) groups is 3. The number of amides is 2. The first-order valence-electron chi connectivity index (χ1n) is 12.2. The third-order valence-corrected chi connectivity index (χ3v) is 7.46. The number of nitrogens with two attached hydrogens (primary N) is 1. The van der Waals surface area contributed by atoms with Gasteiger partial charge in [0.15, 0.2) is 6.10 Å². The van der Waals surface area contributed by atoms with Gasteiger partial charge in [-0.2, -0.15) is 0 Å². The standard InChI is InChI=1S/C28H37N3O5S.ClH/c1-27(2,3)30-24(32)23-28(4,5)37-17-31(23)25(33)22(21(29)16-18-10-8-7-9-11-18)36-26(34)19-12-14-20(35-6)15-13-19;/h7-15,21-23H,16-17,29H2,1-6H3,(H,30,32);1H/t21-,22-,23+;/m0./s1. The van der Waals surface area contributed by atoms with Gasteiger partial charge in [0.2, 0.25) is 5.91 Å². The van der Waals surface area contributed by atoms with Crippen LogP contribution in [0.3, 0.4) is 0 Å². The van der Waals surface area contributed by atoms with Gasteiger partial charge in [-0.15, -0.1) is 24.2 Å². The average molecular weight is 564 g/mol. The Hall–Kier alpha value is -2.75. The zero-order valence-electron chi connectivity index (χ0n) is 22.7. The lowest BCUT2D eigenvalue weighted by Crippen LogP contribution is -2.60. The number of halogens is 1. The molecule has 2 aromatic carbocycles. The van der Waals surface area contributed by atoms with Crippen LogP contribution in [0.1, 0.15) is 50.5 Å². The minimum Gasteiger partial charge on any atom is -0.497 e. The molecule has 0 spiro atoms. The summed E-state index contributed by atoms with van der Waals surface area (Å²) in [6.07, 6.45) is -0.967. The van der Waals surface area contributed by atoms with Crippen molar-refractivity contribution >= 4 is 42.0 Å². The van der Waals surface area contributed by atoms with Crippen molar-refractivity contribution in [3.8, 4) is 5.75 Å². The van der Waals surface area contributed by atoms with E-state index < -0.39 is 40.4 Å². The second-order valence-corrected chi connectivity index (χ2v) is 12.3. The van der Waals surface area contributed by atoms with Crippen molar-refractivity contribution in [2.75, 3.05) is 13.0 Å². The molecule has 2 amide bonds. The Morgan fingerprint density at radius 1 is 1.11 bits per heavy atom. The Bertz CT molecular complexity index is 1110. The predicted molar refractivity (Wildman–Crippen MR) is 153 cm³/mol. The van der Waals surface area contributed by atoms with E-state index in [2.05, 4.69) is 5.32 Å². The molecular formula is C28H38ClN3O5S. The zero-order valence-corrected chi connectivity index (χ0v) is 24.4. The number of nitrogens with one attached hydrogen (secondary N) is 1. The third-order valence-electron chi connectivity index (χ3n) is 6.08. The Kier molecular flexibility index (Phi) is 10.7. The molecule has 3 atom stereocenters. The van der Waals surface area contributed by atoms with E-state index in [9.17, 15) is 14.4 Å². The van der Waals surface area contributed by atoms with E-state index in [0.717, 1.165) is 5.56 Å². The lowest BCUT2D eigenvalue weighted by molar-refractivity contribution is -0.147. The fourth-order valence-electron chi connectivity index (χ4n) is 4.24. The average Bonchev–Trinajstić information content (AvgIpc) is 3.16. The number of thioether (sulfide) groups is 1. The van der Waals surface area contributed by atoms with Gasteiger partial charge in [-0.05, 0) is 70.9 Å². The number of carbonyl (C=O) groups excluding carboxylic acids is 3. The molecule has 0 aromatic heterocycles. The van der Waals surface area contributed by atoms with Gasteiger partial charge in [0.25, 0.3) is 5.91 Å². The van der Waals surface area contributed by atoms with Gasteiger partial charge in [0.1, 0.15) is 11.8 Å². The molecule has 0 radical (unpaired) electrons. The minimum atomic E-state index is -1.28. The summed E-state index contributed by atoms with van der Waals surface area (Å²) >= 11 is 1.50. The second-order valence-electron chi connectivity index (χ2n) is 10.7. The van der Waals surface area contributed by atoms with E-state index in [1.807, 2.05) is 65.0 Å². The van der Waals surface area contributed by atoms with E-state index in [0.29, 0.717) is 12.2 Å². The highest BCUT2D eigenvalue weighted by Crippen LogP contribution is 2.40. The maximum Gasteiger partial charge on any atom is 0.338 e. The van der Waals surface area contributed by atoms with Crippen LogP contribution >= 0.6 is 24.2 Å². The largest absolute Gasteiger partial charge is 0.497 e. The number of esters is 1. The monoisotopic (exact) mass is 563 g/mol. The second kappa shape index (κ2) is 12.9. The van der Waals surface area contributed by atoms with Crippen LogP contribution in [0.4, 0.5) is 0 Å². The van der Waals surface area contributed by atoms with Crippen LogP contribution in [-0.2, 0) is 20.7 Å². The van der Waals surface area contributed by atoms with E-state index >= 15 is 0 Å². The van der Waals surface area contributed by atoms with Crippen LogP contribution < -0.4 is 15.8 Å². The van der Waals surface area contributed by atoms with Gasteiger partial charge in [-0.25, -0.2) is 4.79 Å². The van der Waals surface area contributed by atoms with Gasteiger partial charge < -0.3 is 25.4 Å². The Morgan fingerprint density at radius 3 is 2.26 bits per heavy atom. The third kappa shape index (κ3) is 7.88. The summed E-state index contributed by atoms with van der Waals surface area (Å²) in [6, 6.07) is 14.3. The molecule has 38 heavy (non-hydrogen) atoms. The van der Waals surface area contributed by atoms with Crippen molar-refractivity contribution in [2.45, 2.75) is 69.5 Å². The van der Waals surface area contributed by atoms with Crippen molar-refractivity contribution < 1.29 is 23.9 Å². The molecule has 0 saturated carbocycles.